The van der Waals surface area contributed by atoms with Crippen molar-refractivity contribution < 1.29 is 18.0 Å². The predicted octanol–water partition coefficient (Wildman–Crippen LogP) is 1.60. The van der Waals surface area contributed by atoms with E-state index in [1.165, 1.54) is 19.1 Å². The van der Waals surface area contributed by atoms with E-state index in [0.717, 1.165) is 11.6 Å². The van der Waals surface area contributed by atoms with E-state index >= 15 is 0 Å². The maximum atomic E-state index is 12.5. The van der Waals surface area contributed by atoms with E-state index < -0.39 is 21.8 Å². The number of benzene rings is 2. The zero-order valence-corrected chi connectivity index (χ0v) is 14.8. The van der Waals surface area contributed by atoms with Gasteiger partial charge in [-0.25, -0.2) is 13.1 Å². The topological polar surface area (TPSA) is 104 Å². The molecule has 0 saturated carbocycles. The molecule has 132 valence electrons. The lowest BCUT2D eigenvalue weighted by Crippen LogP contribution is -2.40. The minimum Gasteiger partial charge on any atom is -0.274 e. The van der Waals surface area contributed by atoms with E-state index in [9.17, 15) is 18.0 Å². The number of carbonyl (C=O) groups is 2. The summed E-state index contributed by atoms with van der Waals surface area (Å²) in [5.41, 5.74) is 5.10. The second kappa shape index (κ2) is 8.11. The molecular weight excluding hydrogens is 366 g/mol. The highest BCUT2D eigenvalue weighted by molar-refractivity contribution is 7.89. The molecule has 0 aromatic heterocycles. The van der Waals surface area contributed by atoms with Crippen LogP contribution in [-0.4, -0.2) is 20.2 Å². The number of halogens is 1. The van der Waals surface area contributed by atoms with E-state index in [1.807, 2.05) is 6.07 Å². The monoisotopic (exact) mass is 381 g/mol. The van der Waals surface area contributed by atoms with E-state index in [2.05, 4.69) is 15.6 Å². The van der Waals surface area contributed by atoms with Gasteiger partial charge in [0, 0.05) is 19.0 Å². The van der Waals surface area contributed by atoms with Crippen LogP contribution in [0.15, 0.2) is 53.4 Å². The summed E-state index contributed by atoms with van der Waals surface area (Å²) in [7, 11) is -3.93. The third-order valence-corrected chi connectivity index (χ3v) is 5.03. The Hall–Kier alpha value is -2.42. The van der Waals surface area contributed by atoms with Crippen molar-refractivity contribution in [2.45, 2.75) is 18.4 Å². The van der Waals surface area contributed by atoms with Crippen LogP contribution in [-0.2, 0) is 21.4 Å². The molecule has 0 aliphatic heterocycles. The Balaban J connectivity index is 2.20. The zero-order valence-electron chi connectivity index (χ0n) is 13.2. The number of hydrogen-bond acceptors (Lipinski definition) is 4. The van der Waals surface area contributed by atoms with E-state index in [0.29, 0.717) is 0 Å². The van der Waals surface area contributed by atoms with Gasteiger partial charge in [0.25, 0.3) is 5.91 Å². The lowest BCUT2D eigenvalue weighted by molar-refractivity contribution is -0.119. The van der Waals surface area contributed by atoms with Crippen molar-refractivity contribution in [1.29, 1.82) is 0 Å². The van der Waals surface area contributed by atoms with Gasteiger partial charge >= 0.3 is 0 Å². The zero-order chi connectivity index (χ0) is 18.4. The van der Waals surface area contributed by atoms with Gasteiger partial charge in [-0.05, 0) is 23.8 Å². The molecule has 0 bridgehead atoms. The smallest absolute Gasteiger partial charge is 0.269 e. The predicted molar refractivity (Wildman–Crippen MR) is 93.2 cm³/mol. The Morgan fingerprint density at radius 2 is 1.72 bits per heavy atom. The summed E-state index contributed by atoms with van der Waals surface area (Å²) in [6.07, 6.45) is 0. The summed E-state index contributed by atoms with van der Waals surface area (Å²) in [6, 6.07) is 12.8. The van der Waals surface area contributed by atoms with Crippen molar-refractivity contribution in [1.82, 2.24) is 15.6 Å². The molecule has 0 radical (unpaired) electrons. The van der Waals surface area contributed by atoms with Crippen molar-refractivity contribution in [2.75, 3.05) is 0 Å². The standard InChI is InChI=1S/C16H16ClN3O4S/c1-11(21)19-20-16(22)13-7-8-14(17)15(9-13)25(23,24)18-10-12-5-3-2-4-6-12/h2-9,18H,10H2,1H3,(H,19,21)(H,20,22). The van der Waals surface area contributed by atoms with Gasteiger partial charge in [-0.3, -0.25) is 20.4 Å². The first kappa shape index (κ1) is 18.9. The van der Waals surface area contributed by atoms with Crippen LogP contribution in [0.25, 0.3) is 0 Å². The van der Waals surface area contributed by atoms with Gasteiger partial charge in [-0.1, -0.05) is 41.9 Å². The van der Waals surface area contributed by atoms with Gasteiger partial charge in [-0.2, -0.15) is 0 Å². The summed E-state index contributed by atoms with van der Waals surface area (Å²) in [5.74, 6) is -1.12. The van der Waals surface area contributed by atoms with Crippen molar-refractivity contribution >= 4 is 33.4 Å². The van der Waals surface area contributed by atoms with Crippen LogP contribution in [0.1, 0.15) is 22.8 Å². The number of sulfonamides is 1. The Morgan fingerprint density at radius 3 is 2.36 bits per heavy atom. The van der Waals surface area contributed by atoms with Crippen LogP contribution in [0.4, 0.5) is 0 Å². The second-order valence-electron chi connectivity index (χ2n) is 5.09. The number of nitrogens with one attached hydrogen (secondary N) is 3. The van der Waals surface area contributed by atoms with Crippen LogP contribution in [0, 0.1) is 0 Å². The minimum absolute atomic E-state index is 0.0170. The fourth-order valence-corrected chi connectivity index (χ4v) is 3.46. The highest BCUT2D eigenvalue weighted by atomic mass is 35.5. The van der Waals surface area contributed by atoms with Crippen molar-refractivity contribution in [3.05, 3.63) is 64.7 Å². The first-order valence-electron chi connectivity index (χ1n) is 7.19. The number of rotatable bonds is 5. The normalized spacial score (nSPS) is 11.0. The molecule has 2 rings (SSSR count). The quantitative estimate of drug-likeness (QED) is 0.684. The first-order valence-corrected chi connectivity index (χ1v) is 9.06. The van der Waals surface area contributed by atoms with Gasteiger partial charge in [0.1, 0.15) is 4.90 Å². The molecule has 0 aliphatic rings. The molecule has 2 amide bonds. The largest absolute Gasteiger partial charge is 0.274 e. The Labute approximate surface area is 150 Å². The van der Waals surface area contributed by atoms with Gasteiger partial charge in [0.2, 0.25) is 15.9 Å². The Kier molecular flexibility index (Phi) is 6.13. The number of carbonyl (C=O) groups excluding carboxylic acids is 2. The summed E-state index contributed by atoms with van der Waals surface area (Å²) >= 11 is 5.97. The first-order chi connectivity index (χ1) is 11.8. The number of hydrogen-bond donors (Lipinski definition) is 3. The lowest BCUT2D eigenvalue weighted by Gasteiger charge is -2.11. The maximum Gasteiger partial charge on any atom is 0.269 e. The number of hydrazine groups is 1. The van der Waals surface area contributed by atoms with Crippen LogP contribution < -0.4 is 15.6 Å². The fourth-order valence-electron chi connectivity index (χ4n) is 1.92. The van der Waals surface area contributed by atoms with Gasteiger partial charge in [0.15, 0.2) is 0 Å². The second-order valence-corrected chi connectivity index (χ2v) is 7.23. The van der Waals surface area contributed by atoms with Crippen LogP contribution in [0.3, 0.4) is 0 Å². The van der Waals surface area contributed by atoms with E-state index in [-0.39, 0.29) is 22.0 Å². The van der Waals surface area contributed by atoms with Gasteiger partial charge < -0.3 is 0 Å². The van der Waals surface area contributed by atoms with Crippen LogP contribution in [0.5, 0.6) is 0 Å². The molecule has 0 heterocycles. The van der Waals surface area contributed by atoms with E-state index in [4.69, 9.17) is 11.6 Å². The van der Waals surface area contributed by atoms with Gasteiger partial charge in [-0.15, -0.1) is 0 Å². The lowest BCUT2D eigenvalue weighted by atomic mass is 10.2. The summed E-state index contributed by atoms with van der Waals surface area (Å²) in [4.78, 5) is 22.5. The summed E-state index contributed by atoms with van der Waals surface area (Å²) in [6.45, 7) is 1.31. The van der Waals surface area contributed by atoms with E-state index in [1.54, 1.807) is 24.3 Å². The maximum absolute atomic E-state index is 12.5. The average molecular weight is 382 g/mol. The molecule has 7 nitrogen and oxygen atoms in total. The van der Waals surface area contributed by atoms with Crippen molar-refractivity contribution in [2.24, 2.45) is 0 Å². The molecule has 0 unspecified atom stereocenters. The third-order valence-electron chi connectivity index (χ3n) is 3.14. The molecule has 9 heteroatoms. The molecule has 0 atom stereocenters. The Morgan fingerprint density at radius 1 is 1.04 bits per heavy atom. The third kappa shape index (κ3) is 5.28. The Bertz CT molecular complexity index is 886. The van der Waals surface area contributed by atoms with Crippen molar-refractivity contribution in [3.8, 4) is 0 Å². The molecule has 2 aromatic carbocycles. The summed E-state index contributed by atoms with van der Waals surface area (Å²) in [5, 5.41) is -0.0170. The molecule has 25 heavy (non-hydrogen) atoms. The molecular formula is C16H16ClN3O4S. The van der Waals surface area contributed by atoms with Crippen LogP contribution >= 0.6 is 11.6 Å². The van der Waals surface area contributed by atoms with Crippen molar-refractivity contribution in [3.63, 3.8) is 0 Å². The van der Waals surface area contributed by atoms with Crippen LogP contribution in [0.2, 0.25) is 5.02 Å². The molecule has 3 N–H and O–H groups in total. The molecule has 0 spiro atoms. The molecule has 0 saturated heterocycles. The molecule has 0 aliphatic carbocycles. The average Bonchev–Trinajstić information content (AvgIpc) is 2.59. The highest BCUT2D eigenvalue weighted by Gasteiger charge is 2.20. The fraction of sp³-hybridized carbons (Fsp3) is 0.125. The number of amides is 2. The molecule has 0 fully saturated rings. The highest BCUT2D eigenvalue weighted by Crippen LogP contribution is 2.23. The SMILES string of the molecule is CC(=O)NNC(=O)c1ccc(Cl)c(S(=O)(=O)NCc2ccccc2)c1. The molecule has 2 aromatic rings. The summed E-state index contributed by atoms with van der Waals surface area (Å²) < 4.78 is 27.4. The van der Waals surface area contributed by atoms with Gasteiger partial charge in [0.05, 0.1) is 5.02 Å². The minimum atomic E-state index is -3.93.